The summed E-state index contributed by atoms with van der Waals surface area (Å²) in [7, 11) is 0. The molecule has 0 radical (unpaired) electrons. The molecule has 0 unspecified atom stereocenters. The fourth-order valence-electron chi connectivity index (χ4n) is 2.43. The molecule has 0 saturated heterocycles. The minimum absolute atomic E-state index is 0.0359. The van der Waals surface area contributed by atoms with E-state index in [1.807, 2.05) is 32.9 Å². The summed E-state index contributed by atoms with van der Waals surface area (Å²) in [6, 6.07) is 12.9. The highest BCUT2D eigenvalue weighted by atomic mass is 35.5. The van der Waals surface area contributed by atoms with E-state index in [0.717, 1.165) is 11.1 Å². The quantitative estimate of drug-likeness (QED) is 0.658. The van der Waals surface area contributed by atoms with Gasteiger partial charge in [-0.2, -0.15) is 10.2 Å². The molecule has 25 heavy (non-hydrogen) atoms. The molecular weight excluding hydrogens is 338 g/mol. The Labute approximate surface area is 150 Å². The fourth-order valence-corrected chi connectivity index (χ4v) is 2.66. The highest BCUT2D eigenvalue weighted by molar-refractivity contribution is 6.32. The summed E-state index contributed by atoms with van der Waals surface area (Å²) in [5, 5.41) is 13.7. The van der Waals surface area contributed by atoms with E-state index in [1.54, 1.807) is 24.3 Å². The molecule has 0 amide bonds. The van der Waals surface area contributed by atoms with Gasteiger partial charge < -0.3 is 9.26 Å². The summed E-state index contributed by atoms with van der Waals surface area (Å²) in [6.07, 6.45) is 0.0359. The molecule has 0 spiro atoms. The molecular formula is C19H16ClN3O2. The predicted octanol–water partition coefficient (Wildman–Crippen LogP) is 5.02. The molecule has 2 aromatic carbocycles. The summed E-state index contributed by atoms with van der Waals surface area (Å²) < 4.78 is 11.0. The first-order chi connectivity index (χ1) is 12.0. The van der Waals surface area contributed by atoms with Crippen LogP contribution in [-0.2, 0) is 0 Å². The SMILES string of the molecule is Cc1c(C#N)cccc1-c1noc(-c2ccc(OC(C)C)c(Cl)c2)n1. The van der Waals surface area contributed by atoms with Crippen LogP contribution in [0, 0.1) is 18.3 Å². The topological polar surface area (TPSA) is 71.9 Å². The van der Waals surface area contributed by atoms with Crippen LogP contribution in [0.1, 0.15) is 25.0 Å². The van der Waals surface area contributed by atoms with Gasteiger partial charge in [0.15, 0.2) is 0 Å². The molecule has 3 rings (SSSR count). The van der Waals surface area contributed by atoms with Gasteiger partial charge in [-0.05, 0) is 50.6 Å². The molecule has 3 aromatic rings. The largest absolute Gasteiger partial charge is 0.489 e. The molecule has 1 aromatic heterocycles. The van der Waals surface area contributed by atoms with Crippen LogP contribution in [0.3, 0.4) is 0 Å². The van der Waals surface area contributed by atoms with Crippen molar-refractivity contribution in [1.82, 2.24) is 10.1 Å². The number of aromatic nitrogens is 2. The Hall–Kier alpha value is -2.84. The zero-order chi connectivity index (χ0) is 18.0. The Morgan fingerprint density at radius 2 is 2.04 bits per heavy atom. The van der Waals surface area contributed by atoms with E-state index < -0.39 is 0 Å². The number of nitrogens with zero attached hydrogens (tertiary/aromatic N) is 3. The number of hydrogen-bond acceptors (Lipinski definition) is 5. The second-order valence-electron chi connectivity index (χ2n) is 5.82. The van der Waals surface area contributed by atoms with E-state index in [0.29, 0.717) is 33.6 Å². The number of benzene rings is 2. The van der Waals surface area contributed by atoms with Crippen LogP contribution in [0.5, 0.6) is 5.75 Å². The van der Waals surface area contributed by atoms with Crippen molar-refractivity contribution in [3.63, 3.8) is 0 Å². The van der Waals surface area contributed by atoms with Gasteiger partial charge in [-0.1, -0.05) is 28.9 Å². The monoisotopic (exact) mass is 353 g/mol. The number of halogens is 1. The standard InChI is InChI=1S/C19H16ClN3O2/c1-11(2)24-17-8-7-13(9-16(17)20)19-22-18(23-25-19)15-6-4-5-14(10-21)12(15)3/h4-9,11H,1-3H3. The number of ether oxygens (including phenoxy) is 1. The average Bonchev–Trinajstić information content (AvgIpc) is 3.06. The number of hydrogen-bond donors (Lipinski definition) is 0. The molecule has 0 bridgehead atoms. The van der Waals surface area contributed by atoms with Gasteiger partial charge in [0.2, 0.25) is 5.82 Å². The maximum atomic E-state index is 9.15. The van der Waals surface area contributed by atoms with Crippen LogP contribution in [-0.4, -0.2) is 16.2 Å². The lowest BCUT2D eigenvalue weighted by Gasteiger charge is -2.11. The molecule has 0 aliphatic carbocycles. The number of rotatable bonds is 4. The molecule has 0 fully saturated rings. The molecule has 0 N–H and O–H groups in total. The Morgan fingerprint density at radius 1 is 1.24 bits per heavy atom. The van der Waals surface area contributed by atoms with Crippen molar-refractivity contribution in [2.75, 3.05) is 0 Å². The van der Waals surface area contributed by atoms with Gasteiger partial charge in [-0.15, -0.1) is 0 Å². The number of nitriles is 1. The maximum absolute atomic E-state index is 9.15. The van der Waals surface area contributed by atoms with E-state index in [4.69, 9.17) is 26.1 Å². The third-order valence-corrected chi connectivity index (χ3v) is 3.96. The first-order valence-corrected chi connectivity index (χ1v) is 8.17. The summed E-state index contributed by atoms with van der Waals surface area (Å²) in [5.41, 5.74) is 2.87. The Bertz CT molecular complexity index is 958. The van der Waals surface area contributed by atoms with Crippen molar-refractivity contribution in [2.24, 2.45) is 0 Å². The fraction of sp³-hybridized carbons (Fsp3) is 0.211. The Kier molecular flexibility index (Phi) is 4.73. The third kappa shape index (κ3) is 3.49. The molecule has 0 aliphatic rings. The minimum atomic E-state index is 0.0359. The predicted molar refractivity (Wildman–Crippen MR) is 95.4 cm³/mol. The van der Waals surface area contributed by atoms with E-state index in [2.05, 4.69) is 16.2 Å². The van der Waals surface area contributed by atoms with E-state index in [9.17, 15) is 0 Å². The lowest BCUT2D eigenvalue weighted by Crippen LogP contribution is -2.05. The van der Waals surface area contributed by atoms with Gasteiger partial charge in [0.05, 0.1) is 22.8 Å². The van der Waals surface area contributed by atoms with Crippen molar-refractivity contribution in [1.29, 1.82) is 5.26 Å². The summed E-state index contributed by atoms with van der Waals surface area (Å²) in [5.74, 6) is 1.40. The van der Waals surface area contributed by atoms with Crippen LogP contribution in [0.25, 0.3) is 22.8 Å². The Morgan fingerprint density at radius 3 is 2.72 bits per heavy atom. The van der Waals surface area contributed by atoms with Crippen LogP contribution in [0.4, 0.5) is 0 Å². The van der Waals surface area contributed by atoms with Crippen LogP contribution < -0.4 is 4.74 Å². The van der Waals surface area contributed by atoms with Gasteiger partial charge in [-0.25, -0.2) is 0 Å². The lowest BCUT2D eigenvalue weighted by molar-refractivity contribution is 0.242. The van der Waals surface area contributed by atoms with Gasteiger partial charge in [0.25, 0.3) is 5.89 Å². The molecule has 1 heterocycles. The van der Waals surface area contributed by atoms with E-state index in [-0.39, 0.29) is 6.10 Å². The molecule has 0 saturated carbocycles. The van der Waals surface area contributed by atoms with Crippen molar-refractivity contribution >= 4 is 11.6 Å². The second-order valence-corrected chi connectivity index (χ2v) is 6.23. The molecule has 0 atom stereocenters. The molecule has 6 heteroatoms. The zero-order valence-corrected chi connectivity index (χ0v) is 14.8. The smallest absolute Gasteiger partial charge is 0.258 e. The molecule has 0 aliphatic heterocycles. The van der Waals surface area contributed by atoms with Gasteiger partial charge >= 0.3 is 0 Å². The average molecular weight is 354 g/mol. The van der Waals surface area contributed by atoms with Crippen LogP contribution in [0.2, 0.25) is 5.02 Å². The first kappa shape index (κ1) is 17.0. The summed E-state index contributed by atoms with van der Waals surface area (Å²) in [4.78, 5) is 4.43. The van der Waals surface area contributed by atoms with Crippen LogP contribution in [0.15, 0.2) is 40.9 Å². The van der Waals surface area contributed by atoms with E-state index >= 15 is 0 Å². The maximum Gasteiger partial charge on any atom is 0.258 e. The summed E-state index contributed by atoms with van der Waals surface area (Å²) in [6.45, 7) is 5.73. The van der Waals surface area contributed by atoms with Crippen molar-refractivity contribution < 1.29 is 9.26 Å². The van der Waals surface area contributed by atoms with Crippen molar-refractivity contribution in [3.05, 3.63) is 52.5 Å². The van der Waals surface area contributed by atoms with Gasteiger partial charge in [0, 0.05) is 11.1 Å². The van der Waals surface area contributed by atoms with E-state index in [1.165, 1.54) is 0 Å². The van der Waals surface area contributed by atoms with Crippen molar-refractivity contribution in [2.45, 2.75) is 26.9 Å². The molecule has 5 nitrogen and oxygen atoms in total. The minimum Gasteiger partial charge on any atom is -0.489 e. The van der Waals surface area contributed by atoms with Gasteiger partial charge in [-0.3, -0.25) is 0 Å². The summed E-state index contributed by atoms with van der Waals surface area (Å²) >= 11 is 6.26. The molecule has 126 valence electrons. The zero-order valence-electron chi connectivity index (χ0n) is 14.1. The van der Waals surface area contributed by atoms with Crippen LogP contribution >= 0.6 is 11.6 Å². The Balaban J connectivity index is 1.95. The lowest BCUT2D eigenvalue weighted by atomic mass is 10.0. The normalized spacial score (nSPS) is 10.7. The highest BCUT2D eigenvalue weighted by Crippen LogP contribution is 2.32. The second kappa shape index (κ2) is 6.96. The van der Waals surface area contributed by atoms with Crippen molar-refractivity contribution in [3.8, 4) is 34.7 Å². The third-order valence-electron chi connectivity index (χ3n) is 3.66. The first-order valence-electron chi connectivity index (χ1n) is 7.80. The highest BCUT2D eigenvalue weighted by Gasteiger charge is 2.15. The van der Waals surface area contributed by atoms with Gasteiger partial charge in [0.1, 0.15) is 5.75 Å².